The lowest BCUT2D eigenvalue weighted by atomic mass is 9.73. The summed E-state index contributed by atoms with van der Waals surface area (Å²) >= 11 is 0. The third-order valence-electron chi connectivity index (χ3n) is 6.42. The highest BCUT2D eigenvalue weighted by Crippen LogP contribution is 2.38. The predicted molar refractivity (Wildman–Crippen MR) is 107 cm³/mol. The molecule has 29 heavy (non-hydrogen) atoms. The highest BCUT2D eigenvalue weighted by Gasteiger charge is 2.55. The van der Waals surface area contributed by atoms with E-state index >= 15 is 0 Å². The summed E-state index contributed by atoms with van der Waals surface area (Å²) in [5, 5.41) is 5.69. The molecule has 0 radical (unpaired) electrons. The summed E-state index contributed by atoms with van der Waals surface area (Å²) in [6.07, 6.45) is 3.53. The fourth-order valence-electron chi connectivity index (χ4n) is 4.82. The molecule has 2 heterocycles. The fraction of sp³-hybridized carbons (Fsp3) is 0.524. The Bertz CT molecular complexity index is 885. The summed E-state index contributed by atoms with van der Waals surface area (Å²) in [7, 11) is 0. The van der Waals surface area contributed by atoms with Gasteiger partial charge in [-0.25, -0.2) is 4.79 Å². The maximum Gasteiger partial charge on any atom is 0.325 e. The minimum atomic E-state index is -0.893. The van der Waals surface area contributed by atoms with Crippen molar-refractivity contribution < 1.29 is 19.2 Å². The number of fused-ring (bicyclic) bond motifs is 1. The van der Waals surface area contributed by atoms with Crippen LogP contribution >= 0.6 is 0 Å². The maximum absolute atomic E-state index is 13.2. The van der Waals surface area contributed by atoms with Crippen LogP contribution in [0.2, 0.25) is 0 Å². The lowest BCUT2D eigenvalue weighted by Crippen LogP contribution is -2.54. The molecule has 8 heteroatoms. The van der Waals surface area contributed by atoms with Gasteiger partial charge in [0.1, 0.15) is 12.1 Å². The van der Waals surface area contributed by atoms with Crippen LogP contribution in [-0.4, -0.2) is 46.8 Å². The minimum Gasteiger partial charge on any atom is -0.324 e. The molecule has 0 aromatic heterocycles. The summed E-state index contributed by atoms with van der Waals surface area (Å²) in [4.78, 5) is 53.7. The summed E-state index contributed by atoms with van der Waals surface area (Å²) in [6.45, 7) is 3.43. The van der Waals surface area contributed by atoms with Crippen LogP contribution in [0.4, 0.5) is 16.2 Å². The number of hydrogen-bond acceptors (Lipinski definition) is 4. The molecule has 1 saturated heterocycles. The lowest BCUT2D eigenvalue weighted by Gasteiger charge is -2.37. The first-order valence-corrected chi connectivity index (χ1v) is 10.2. The quantitative estimate of drug-likeness (QED) is 0.747. The Hall–Kier alpha value is -2.90. The van der Waals surface area contributed by atoms with Gasteiger partial charge >= 0.3 is 6.03 Å². The second kappa shape index (κ2) is 7.17. The number of anilines is 2. The van der Waals surface area contributed by atoms with Gasteiger partial charge in [0.25, 0.3) is 5.91 Å². The van der Waals surface area contributed by atoms with Crippen LogP contribution < -0.4 is 15.5 Å². The lowest BCUT2D eigenvalue weighted by molar-refractivity contribution is -0.137. The van der Waals surface area contributed by atoms with Gasteiger partial charge in [-0.15, -0.1) is 0 Å². The van der Waals surface area contributed by atoms with E-state index in [9.17, 15) is 19.2 Å². The van der Waals surface area contributed by atoms with Crippen molar-refractivity contribution >= 4 is 35.1 Å². The number of carbonyl (C=O) groups is 4. The topological polar surface area (TPSA) is 98.8 Å². The van der Waals surface area contributed by atoms with E-state index < -0.39 is 17.6 Å². The third kappa shape index (κ3) is 3.16. The van der Waals surface area contributed by atoms with Crippen molar-refractivity contribution in [2.24, 2.45) is 5.92 Å². The molecule has 2 aliphatic heterocycles. The number of hydrogen-bond donors (Lipinski definition) is 2. The van der Waals surface area contributed by atoms with Crippen LogP contribution in [0.1, 0.15) is 46.0 Å². The number of carbonyl (C=O) groups excluding carboxylic acids is 4. The molecule has 1 aromatic carbocycles. The molecule has 1 spiro atoms. The number of imide groups is 1. The first-order chi connectivity index (χ1) is 13.8. The van der Waals surface area contributed by atoms with Crippen molar-refractivity contribution in [3.05, 3.63) is 24.3 Å². The van der Waals surface area contributed by atoms with Gasteiger partial charge in [0, 0.05) is 12.5 Å². The molecule has 1 aliphatic carbocycles. The van der Waals surface area contributed by atoms with Crippen molar-refractivity contribution in [3.8, 4) is 0 Å². The minimum absolute atomic E-state index is 0.0347. The van der Waals surface area contributed by atoms with E-state index in [0.29, 0.717) is 17.8 Å². The van der Waals surface area contributed by atoms with E-state index in [0.717, 1.165) is 24.2 Å². The molecule has 154 valence electrons. The van der Waals surface area contributed by atoms with Crippen molar-refractivity contribution in [3.63, 3.8) is 0 Å². The van der Waals surface area contributed by atoms with Crippen LogP contribution in [0.25, 0.3) is 0 Å². The molecule has 1 aromatic rings. The zero-order valence-corrected chi connectivity index (χ0v) is 16.7. The normalized spacial score (nSPS) is 29.4. The van der Waals surface area contributed by atoms with Gasteiger partial charge in [-0.05, 0) is 37.8 Å². The number of amides is 5. The van der Waals surface area contributed by atoms with Gasteiger partial charge in [-0.3, -0.25) is 19.3 Å². The van der Waals surface area contributed by atoms with Gasteiger partial charge in [-0.1, -0.05) is 31.9 Å². The van der Waals surface area contributed by atoms with E-state index in [1.54, 1.807) is 31.2 Å². The molecule has 3 atom stereocenters. The van der Waals surface area contributed by atoms with Gasteiger partial charge in [0.15, 0.2) is 0 Å². The summed E-state index contributed by atoms with van der Waals surface area (Å²) in [5.74, 6) is -0.837. The predicted octanol–water partition coefficient (Wildman–Crippen LogP) is 2.25. The Morgan fingerprint density at radius 2 is 1.93 bits per heavy atom. The Morgan fingerprint density at radius 3 is 2.69 bits per heavy atom. The first-order valence-electron chi connectivity index (χ1n) is 10.2. The van der Waals surface area contributed by atoms with Crippen LogP contribution in [0.15, 0.2) is 24.3 Å². The van der Waals surface area contributed by atoms with E-state index in [2.05, 4.69) is 10.6 Å². The van der Waals surface area contributed by atoms with Crippen LogP contribution in [0, 0.1) is 5.92 Å². The number of urea groups is 1. The largest absolute Gasteiger partial charge is 0.325 e. The van der Waals surface area contributed by atoms with E-state index in [1.165, 1.54) is 4.90 Å². The van der Waals surface area contributed by atoms with Crippen molar-refractivity contribution in [2.75, 3.05) is 16.8 Å². The molecule has 2 fully saturated rings. The number of nitrogens with one attached hydrogen (secondary N) is 2. The zero-order chi connectivity index (χ0) is 20.8. The van der Waals surface area contributed by atoms with Gasteiger partial charge in [0.2, 0.25) is 11.8 Å². The molecule has 8 nitrogen and oxygen atoms in total. The molecule has 5 amide bonds. The van der Waals surface area contributed by atoms with Crippen LogP contribution in [0.3, 0.4) is 0 Å². The van der Waals surface area contributed by atoms with Gasteiger partial charge in [0.05, 0.1) is 11.4 Å². The average molecular weight is 398 g/mol. The molecule has 4 rings (SSSR count). The number of nitrogens with zero attached hydrogens (tertiary/aromatic N) is 2. The monoisotopic (exact) mass is 398 g/mol. The summed E-state index contributed by atoms with van der Waals surface area (Å²) in [6, 6.07) is 6.15. The second-order valence-corrected chi connectivity index (χ2v) is 8.32. The molecular formula is C21H26N4O4. The standard InChI is InChI=1S/C21H26N4O4/c1-13-7-5-6-10-21(13)19(28)24(20(29)23-21)12-18(27)25-14(2)11-17(26)22-15-8-3-4-9-16(15)25/h3-4,8-9,13-14H,5-7,10-12H2,1-2H3,(H,22,26)(H,23,29). The fourth-order valence-corrected chi connectivity index (χ4v) is 4.82. The van der Waals surface area contributed by atoms with E-state index in [-0.39, 0.29) is 36.6 Å². The molecule has 3 unspecified atom stereocenters. The SMILES string of the molecule is CC1CC(=O)Nc2ccccc2N1C(=O)CN1C(=O)NC2(CCCCC2C)C1=O. The highest BCUT2D eigenvalue weighted by atomic mass is 16.2. The number of benzene rings is 1. The maximum atomic E-state index is 13.2. The van der Waals surface area contributed by atoms with Crippen molar-refractivity contribution in [1.82, 2.24) is 10.2 Å². The molecule has 0 bridgehead atoms. The molecule has 2 N–H and O–H groups in total. The molecule has 1 saturated carbocycles. The van der Waals surface area contributed by atoms with Crippen molar-refractivity contribution in [1.29, 1.82) is 0 Å². The Balaban J connectivity index is 1.60. The Kier molecular flexibility index (Phi) is 4.80. The Morgan fingerprint density at radius 1 is 1.17 bits per heavy atom. The Labute approximate surface area is 169 Å². The molecule has 3 aliphatic rings. The van der Waals surface area contributed by atoms with E-state index in [4.69, 9.17) is 0 Å². The summed E-state index contributed by atoms with van der Waals surface area (Å²) < 4.78 is 0. The van der Waals surface area contributed by atoms with Gasteiger partial charge in [-0.2, -0.15) is 0 Å². The highest BCUT2D eigenvalue weighted by molar-refractivity contribution is 6.12. The van der Waals surface area contributed by atoms with Crippen LogP contribution in [0.5, 0.6) is 0 Å². The van der Waals surface area contributed by atoms with Gasteiger partial charge < -0.3 is 15.5 Å². The second-order valence-electron chi connectivity index (χ2n) is 8.32. The van der Waals surface area contributed by atoms with E-state index in [1.807, 2.05) is 6.92 Å². The smallest absolute Gasteiger partial charge is 0.324 e. The zero-order valence-electron chi connectivity index (χ0n) is 16.7. The van der Waals surface area contributed by atoms with Crippen LogP contribution in [-0.2, 0) is 14.4 Å². The summed E-state index contributed by atoms with van der Waals surface area (Å²) in [5.41, 5.74) is 0.226. The number of para-hydroxylation sites is 2. The van der Waals surface area contributed by atoms with Crippen molar-refractivity contribution in [2.45, 2.75) is 57.5 Å². The number of rotatable bonds is 2. The first kappa shape index (κ1) is 19.4. The average Bonchev–Trinajstić information content (AvgIpc) is 2.82. The molecular weight excluding hydrogens is 372 g/mol. The third-order valence-corrected chi connectivity index (χ3v) is 6.42.